The first kappa shape index (κ1) is 21.8. The summed E-state index contributed by atoms with van der Waals surface area (Å²) in [4.78, 5) is 12.5. The van der Waals surface area contributed by atoms with Crippen molar-refractivity contribution in [3.63, 3.8) is 0 Å². The third kappa shape index (κ3) is 6.07. The Balaban J connectivity index is 1.50. The summed E-state index contributed by atoms with van der Waals surface area (Å²) in [6.07, 6.45) is 0. The van der Waals surface area contributed by atoms with E-state index < -0.39 is 11.6 Å². The highest BCUT2D eigenvalue weighted by atomic mass is 32.2. The summed E-state index contributed by atoms with van der Waals surface area (Å²) in [6.45, 7) is -0.0971. The van der Waals surface area contributed by atoms with Crippen LogP contribution in [0.5, 0.6) is 5.75 Å². The minimum atomic E-state index is -2.50. The number of nitrogens with one attached hydrogen (secondary N) is 1. The average Bonchev–Trinajstić information content (AvgIpc) is 3.06. The first-order valence-electron chi connectivity index (χ1n) is 8.46. The van der Waals surface area contributed by atoms with Gasteiger partial charge in [0.15, 0.2) is 17.4 Å². The number of carbonyl (C=O) groups is 1. The van der Waals surface area contributed by atoms with Gasteiger partial charge < -0.3 is 15.9 Å². The number of para-hydroxylation sites is 1. The number of nitrogen functional groups attached to an aromatic ring is 1. The second-order valence-corrected chi connectivity index (χ2v) is 7.73. The quantitative estimate of drug-likeness (QED) is 0.375. The number of amides is 1. The molecule has 1 heterocycles. The molecule has 1 aromatic heterocycles. The Kier molecular flexibility index (Phi) is 7.46. The lowest BCUT2D eigenvalue weighted by molar-refractivity contribution is -0.113. The van der Waals surface area contributed by atoms with Crippen LogP contribution in [0.15, 0.2) is 58.6 Å². The second kappa shape index (κ2) is 10.3. The number of nitrogens with zero attached hydrogens (tertiary/aromatic N) is 3. The second-order valence-electron chi connectivity index (χ2n) is 5.73. The third-order valence-electron chi connectivity index (χ3n) is 3.62. The summed E-state index contributed by atoms with van der Waals surface area (Å²) in [7, 11) is 0. The van der Waals surface area contributed by atoms with Gasteiger partial charge in [-0.3, -0.25) is 4.79 Å². The zero-order valence-electron chi connectivity index (χ0n) is 15.3. The van der Waals surface area contributed by atoms with Crippen molar-refractivity contribution in [2.45, 2.75) is 22.4 Å². The van der Waals surface area contributed by atoms with Gasteiger partial charge in [0, 0.05) is 10.6 Å². The van der Waals surface area contributed by atoms with Gasteiger partial charge in [-0.15, -0.1) is 10.2 Å². The molecule has 0 bridgehead atoms. The molecular formula is C18H16F3N5O2S2. The van der Waals surface area contributed by atoms with Crippen LogP contribution in [0, 0.1) is 5.82 Å². The lowest BCUT2D eigenvalue weighted by Crippen LogP contribution is -2.18. The predicted octanol–water partition coefficient (Wildman–Crippen LogP) is 3.76. The van der Waals surface area contributed by atoms with Crippen LogP contribution in [-0.4, -0.2) is 32.3 Å². The number of ether oxygens (including phenoxy) is 1. The van der Waals surface area contributed by atoms with Crippen LogP contribution in [0.1, 0.15) is 5.82 Å². The summed E-state index contributed by atoms with van der Waals surface area (Å²) in [5.41, 5.74) is 0.479. The van der Waals surface area contributed by atoms with E-state index in [4.69, 9.17) is 10.6 Å². The van der Waals surface area contributed by atoms with E-state index in [0.717, 1.165) is 16.4 Å². The zero-order valence-corrected chi connectivity index (χ0v) is 16.9. The summed E-state index contributed by atoms with van der Waals surface area (Å²) in [6, 6.07) is 12.0. The first-order chi connectivity index (χ1) is 14.4. The maximum absolute atomic E-state index is 13.6. The van der Waals surface area contributed by atoms with E-state index in [1.807, 2.05) is 0 Å². The van der Waals surface area contributed by atoms with Crippen molar-refractivity contribution in [2.75, 3.05) is 16.9 Å². The van der Waals surface area contributed by atoms with Crippen LogP contribution in [0.25, 0.3) is 0 Å². The van der Waals surface area contributed by atoms with Gasteiger partial charge in [0.1, 0.15) is 6.61 Å². The highest BCUT2D eigenvalue weighted by Gasteiger charge is 2.14. The Morgan fingerprint density at radius 3 is 2.60 bits per heavy atom. The van der Waals surface area contributed by atoms with Crippen LogP contribution >= 0.6 is 23.5 Å². The van der Waals surface area contributed by atoms with Crippen molar-refractivity contribution in [2.24, 2.45) is 0 Å². The molecule has 3 rings (SSSR count). The number of hydrogen-bond donors (Lipinski definition) is 2. The maximum Gasteiger partial charge on any atom is 0.288 e. The first-order valence-corrected chi connectivity index (χ1v) is 10.3. The van der Waals surface area contributed by atoms with Crippen LogP contribution in [0.3, 0.4) is 0 Å². The fraction of sp³-hybridized carbons (Fsp3) is 0.167. The van der Waals surface area contributed by atoms with E-state index in [0.29, 0.717) is 22.3 Å². The topological polar surface area (TPSA) is 95.1 Å². The van der Waals surface area contributed by atoms with Crippen LogP contribution in [0.4, 0.5) is 18.9 Å². The fourth-order valence-electron chi connectivity index (χ4n) is 2.26. The molecule has 0 saturated heterocycles. The van der Waals surface area contributed by atoms with Crippen LogP contribution in [-0.2, 0) is 11.4 Å². The Morgan fingerprint density at radius 2 is 1.90 bits per heavy atom. The number of thioether (sulfide) groups is 2. The van der Waals surface area contributed by atoms with Gasteiger partial charge in [-0.2, -0.15) is 8.78 Å². The van der Waals surface area contributed by atoms with Crippen molar-refractivity contribution in [1.82, 2.24) is 14.9 Å². The Bertz CT molecular complexity index is 1000. The van der Waals surface area contributed by atoms with E-state index >= 15 is 0 Å². The van der Waals surface area contributed by atoms with Crippen molar-refractivity contribution >= 4 is 35.1 Å². The molecule has 1 amide bonds. The van der Waals surface area contributed by atoms with Crippen LogP contribution < -0.4 is 15.9 Å². The normalized spacial score (nSPS) is 10.9. The maximum atomic E-state index is 13.6. The van der Waals surface area contributed by atoms with Gasteiger partial charge in [0.25, 0.3) is 5.76 Å². The Labute approximate surface area is 178 Å². The number of carbonyl (C=O) groups excluding carboxylic acids is 1. The molecule has 30 heavy (non-hydrogen) atoms. The molecular weight excluding hydrogens is 439 g/mol. The Hall–Kier alpha value is -2.86. The lowest BCUT2D eigenvalue weighted by atomic mass is 10.3. The number of rotatable bonds is 9. The fourth-order valence-corrected chi connectivity index (χ4v) is 3.43. The van der Waals surface area contributed by atoms with Crippen molar-refractivity contribution in [3.05, 3.63) is 60.2 Å². The summed E-state index contributed by atoms with van der Waals surface area (Å²) >= 11 is 1.48. The van der Waals surface area contributed by atoms with Crippen molar-refractivity contribution < 1.29 is 22.7 Å². The Morgan fingerprint density at radius 1 is 1.17 bits per heavy atom. The summed E-state index contributed by atoms with van der Waals surface area (Å²) < 4.78 is 44.7. The molecule has 12 heteroatoms. The molecule has 0 atom stereocenters. The summed E-state index contributed by atoms with van der Waals surface area (Å²) in [5, 5.41) is 10.7. The van der Waals surface area contributed by atoms with Crippen LogP contribution in [0.2, 0.25) is 0 Å². The van der Waals surface area contributed by atoms with Gasteiger partial charge in [0.05, 0.1) is 5.75 Å². The number of anilines is 1. The molecule has 0 fully saturated rings. The van der Waals surface area contributed by atoms with Gasteiger partial charge >= 0.3 is 0 Å². The molecule has 0 radical (unpaired) electrons. The molecule has 0 spiro atoms. The van der Waals surface area contributed by atoms with E-state index in [9.17, 15) is 18.0 Å². The minimum absolute atomic E-state index is 0.00294. The van der Waals surface area contributed by atoms with Gasteiger partial charge in [-0.05, 0) is 36.4 Å². The largest absolute Gasteiger partial charge is 0.482 e. The molecule has 0 aliphatic carbocycles. The molecule has 3 N–H and O–H groups in total. The van der Waals surface area contributed by atoms with Gasteiger partial charge in [-0.25, -0.2) is 9.07 Å². The third-order valence-corrected chi connectivity index (χ3v) is 5.29. The van der Waals surface area contributed by atoms with E-state index in [1.165, 1.54) is 36.4 Å². The highest BCUT2D eigenvalue weighted by Crippen LogP contribution is 2.26. The molecule has 0 unspecified atom stereocenters. The van der Waals surface area contributed by atoms with Crippen molar-refractivity contribution in [3.8, 4) is 5.75 Å². The van der Waals surface area contributed by atoms with Gasteiger partial charge in [0.2, 0.25) is 11.1 Å². The van der Waals surface area contributed by atoms with E-state index in [2.05, 4.69) is 15.5 Å². The molecule has 158 valence electrons. The highest BCUT2D eigenvalue weighted by molar-refractivity contribution is 8.00. The molecule has 2 aromatic carbocycles. The number of benzene rings is 2. The molecule has 3 aromatic rings. The number of aromatic nitrogens is 3. The monoisotopic (exact) mass is 455 g/mol. The smallest absolute Gasteiger partial charge is 0.288 e. The number of hydrogen-bond acceptors (Lipinski definition) is 7. The van der Waals surface area contributed by atoms with Crippen molar-refractivity contribution in [1.29, 1.82) is 0 Å². The standard InChI is InChI=1S/C18H16F3N5O2S2/c19-13-3-1-2-4-14(13)28-9-15-24-25-18(26(15)22)29-10-16(27)23-11-5-7-12(8-6-11)30-17(20)21/h1-8,17H,9-10,22H2,(H,23,27). The molecule has 0 aliphatic heterocycles. The van der Waals surface area contributed by atoms with E-state index in [1.54, 1.807) is 12.1 Å². The predicted molar refractivity (Wildman–Crippen MR) is 109 cm³/mol. The lowest BCUT2D eigenvalue weighted by Gasteiger charge is -2.07. The van der Waals surface area contributed by atoms with Gasteiger partial charge in [-0.1, -0.05) is 35.7 Å². The zero-order chi connectivity index (χ0) is 21.5. The molecule has 7 nitrogen and oxygen atoms in total. The molecule has 0 aliphatic rings. The summed E-state index contributed by atoms with van der Waals surface area (Å²) in [5.74, 6) is 2.88. The average molecular weight is 455 g/mol. The number of nitrogens with two attached hydrogens (primary N) is 1. The van der Waals surface area contributed by atoms with E-state index in [-0.39, 0.29) is 35.0 Å². The SMILES string of the molecule is Nn1c(COc2ccccc2F)nnc1SCC(=O)Nc1ccc(SC(F)F)cc1. The minimum Gasteiger partial charge on any atom is -0.482 e. The molecule has 0 saturated carbocycles. The number of alkyl halides is 2. The number of halogens is 3.